The molecule has 4 nitrogen and oxygen atoms in total. The Bertz CT molecular complexity index is 340. The summed E-state index contributed by atoms with van der Waals surface area (Å²) in [4.78, 5) is 16.8. The van der Waals surface area contributed by atoms with Crippen molar-refractivity contribution in [1.29, 1.82) is 0 Å². The van der Waals surface area contributed by atoms with Gasteiger partial charge in [-0.3, -0.25) is 9.63 Å². The third-order valence-corrected chi connectivity index (χ3v) is 3.36. The van der Waals surface area contributed by atoms with Crippen molar-refractivity contribution >= 4 is 28.8 Å². The van der Waals surface area contributed by atoms with Crippen LogP contribution in [-0.4, -0.2) is 26.2 Å². The molecule has 0 aliphatic carbocycles. The molecular weight excluding hydrogens is 238 g/mol. The number of halogens is 1. The van der Waals surface area contributed by atoms with Crippen LogP contribution < -0.4 is 5.48 Å². The second-order valence-corrected chi connectivity index (χ2v) is 4.09. The summed E-state index contributed by atoms with van der Waals surface area (Å²) in [6, 6.07) is 0. The average Bonchev–Trinajstić information content (AvgIpc) is 2.55. The van der Waals surface area contributed by atoms with E-state index in [0.717, 1.165) is 5.56 Å². The Labute approximate surface area is 97.1 Å². The van der Waals surface area contributed by atoms with Gasteiger partial charge in [0.15, 0.2) is 0 Å². The maximum absolute atomic E-state index is 11.5. The van der Waals surface area contributed by atoms with E-state index in [1.54, 1.807) is 7.11 Å². The van der Waals surface area contributed by atoms with Gasteiger partial charge >= 0.3 is 0 Å². The monoisotopic (exact) mass is 249 g/mol. The minimum absolute atomic E-state index is 0.310. The molecule has 1 rings (SSSR count). The largest absolute Gasteiger partial charge is 0.382 e. The third kappa shape index (κ3) is 3.46. The molecule has 1 aromatic heterocycles. The molecule has 1 heterocycles. The van der Waals surface area contributed by atoms with Crippen LogP contribution in [0.1, 0.15) is 15.2 Å². The maximum atomic E-state index is 11.5. The number of nitrogens with one attached hydrogen (secondary N) is 1. The van der Waals surface area contributed by atoms with Gasteiger partial charge in [-0.2, -0.15) is 0 Å². The van der Waals surface area contributed by atoms with Crippen LogP contribution in [0.5, 0.6) is 0 Å². The Balaban J connectivity index is 2.44. The van der Waals surface area contributed by atoms with E-state index in [4.69, 9.17) is 21.2 Å². The van der Waals surface area contributed by atoms with Gasteiger partial charge in [-0.15, -0.1) is 11.3 Å². The number of rotatable bonds is 5. The van der Waals surface area contributed by atoms with E-state index in [9.17, 15) is 4.79 Å². The van der Waals surface area contributed by atoms with Crippen molar-refractivity contribution in [1.82, 2.24) is 5.48 Å². The van der Waals surface area contributed by atoms with Gasteiger partial charge < -0.3 is 4.74 Å². The van der Waals surface area contributed by atoms with Crippen LogP contribution in [-0.2, 0) is 9.57 Å². The van der Waals surface area contributed by atoms with E-state index in [0.29, 0.717) is 23.1 Å². The van der Waals surface area contributed by atoms with Crippen molar-refractivity contribution in [3.63, 3.8) is 0 Å². The summed E-state index contributed by atoms with van der Waals surface area (Å²) >= 11 is 7.21. The number of aryl methyl sites for hydroxylation is 1. The Morgan fingerprint density at radius 2 is 2.33 bits per heavy atom. The summed E-state index contributed by atoms with van der Waals surface area (Å²) in [7, 11) is 1.56. The zero-order valence-corrected chi connectivity index (χ0v) is 10.1. The lowest BCUT2D eigenvalue weighted by atomic mass is 10.3. The smallest absolute Gasteiger partial charge is 0.286 e. The summed E-state index contributed by atoms with van der Waals surface area (Å²) < 4.78 is 4.76. The Morgan fingerprint density at radius 1 is 1.60 bits per heavy atom. The minimum atomic E-state index is -0.325. The number of hydrogen-bond donors (Lipinski definition) is 1. The van der Waals surface area contributed by atoms with Gasteiger partial charge in [0, 0.05) is 7.11 Å². The lowest BCUT2D eigenvalue weighted by Gasteiger charge is -2.03. The molecule has 0 radical (unpaired) electrons. The lowest BCUT2D eigenvalue weighted by Crippen LogP contribution is -2.24. The first kappa shape index (κ1) is 12.4. The second kappa shape index (κ2) is 6.07. The van der Waals surface area contributed by atoms with Gasteiger partial charge in [-0.1, -0.05) is 11.6 Å². The predicted molar refractivity (Wildman–Crippen MR) is 59.4 cm³/mol. The van der Waals surface area contributed by atoms with Crippen LogP contribution >= 0.6 is 22.9 Å². The molecule has 0 aliphatic rings. The molecule has 0 fully saturated rings. The van der Waals surface area contributed by atoms with Gasteiger partial charge in [-0.05, 0) is 17.9 Å². The highest BCUT2D eigenvalue weighted by Crippen LogP contribution is 2.26. The van der Waals surface area contributed by atoms with Crippen LogP contribution in [0.15, 0.2) is 5.38 Å². The Morgan fingerprint density at radius 3 is 2.87 bits per heavy atom. The number of methoxy groups -OCH3 is 1. The van der Waals surface area contributed by atoms with Gasteiger partial charge in [0.05, 0.1) is 18.2 Å². The van der Waals surface area contributed by atoms with E-state index in [1.807, 2.05) is 12.3 Å². The minimum Gasteiger partial charge on any atom is -0.382 e. The van der Waals surface area contributed by atoms with Gasteiger partial charge in [-0.25, -0.2) is 5.48 Å². The van der Waals surface area contributed by atoms with Crippen molar-refractivity contribution in [2.24, 2.45) is 0 Å². The standard InChI is InChI=1S/C9H12ClNO3S/c1-6-5-15-8(7(6)10)9(12)11-14-4-3-13-2/h5H,3-4H2,1-2H3,(H,11,12). The molecule has 0 atom stereocenters. The van der Waals surface area contributed by atoms with Crippen LogP contribution in [0.4, 0.5) is 0 Å². The molecule has 0 aliphatic heterocycles. The molecule has 0 bridgehead atoms. The van der Waals surface area contributed by atoms with Crippen molar-refractivity contribution in [3.8, 4) is 0 Å². The van der Waals surface area contributed by atoms with E-state index in [1.165, 1.54) is 11.3 Å². The number of ether oxygens (including phenoxy) is 1. The fraction of sp³-hybridized carbons (Fsp3) is 0.444. The topological polar surface area (TPSA) is 47.6 Å². The Kier molecular flexibility index (Phi) is 5.04. The highest BCUT2D eigenvalue weighted by Gasteiger charge is 2.14. The zero-order chi connectivity index (χ0) is 11.3. The lowest BCUT2D eigenvalue weighted by molar-refractivity contribution is 0.00915. The molecule has 1 aromatic rings. The van der Waals surface area contributed by atoms with E-state index < -0.39 is 0 Å². The maximum Gasteiger partial charge on any atom is 0.286 e. The molecule has 0 saturated carbocycles. The van der Waals surface area contributed by atoms with Crippen molar-refractivity contribution in [2.75, 3.05) is 20.3 Å². The molecule has 1 N–H and O–H groups in total. The number of hydroxylamine groups is 1. The Hall–Kier alpha value is -0.620. The number of carbonyl (C=O) groups is 1. The van der Waals surface area contributed by atoms with Gasteiger partial charge in [0.25, 0.3) is 5.91 Å². The normalized spacial score (nSPS) is 10.3. The zero-order valence-electron chi connectivity index (χ0n) is 8.50. The molecule has 6 heteroatoms. The molecule has 15 heavy (non-hydrogen) atoms. The summed E-state index contributed by atoms with van der Waals surface area (Å²) in [5.74, 6) is -0.325. The highest BCUT2D eigenvalue weighted by molar-refractivity contribution is 7.13. The van der Waals surface area contributed by atoms with E-state index >= 15 is 0 Å². The molecule has 0 unspecified atom stereocenters. The fourth-order valence-corrected chi connectivity index (χ4v) is 2.04. The van der Waals surface area contributed by atoms with Gasteiger partial charge in [0.2, 0.25) is 0 Å². The average molecular weight is 250 g/mol. The van der Waals surface area contributed by atoms with Crippen LogP contribution in [0, 0.1) is 6.92 Å². The number of carbonyl (C=O) groups excluding carboxylic acids is 1. The summed E-state index contributed by atoms with van der Waals surface area (Å²) in [5.41, 5.74) is 3.19. The third-order valence-electron chi connectivity index (χ3n) is 1.66. The van der Waals surface area contributed by atoms with Crippen molar-refractivity contribution in [2.45, 2.75) is 6.92 Å². The predicted octanol–water partition coefficient (Wildman–Crippen LogP) is 2.02. The molecule has 84 valence electrons. The summed E-state index contributed by atoms with van der Waals surface area (Å²) in [6.45, 7) is 2.59. The fourth-order valence-electron chi connectivity index (χ4n) is 0.871. The quantitative estimate of drug-likeness (QED) is 0.642. The van der Waals surface area contributed by atoms with Crippen LogP contribution in [0.2, 0.25) is 5.02 Å². The molecule has 0 aromatic carbocycles. The SMILES string of the molecule is COCCONC(=O)c1scc(C)c1Cl. The van der Waals surface area contributed by atoms with E-state index in [2.05, 4.69) is 5.48 Å². The van der Waals surface area contributed by atoms with Crippen LogP contribution in [0.25, 0.3) is 0 Å². The number of amides is 1. The first-order valence-electron chi connectivity index (χ1n) is 4.31. The van der Waals surface area contributed by atoms with Crippen LogP contribution in [0.3, 0.4) is 0 Å². The summed E-state index contributed by atoms with van der Waals surface area (Å²) in [5, 5.41) is 2.31. The second-order valence-electron chi connectivity index (χ2n) is 2.83. The molecule has 1 amide bonds. The summed E-state index contributed by atoms with van der Waals surface area (Å²) in [6.07, 6.45) is 0. The molecule has 0 spiro atoms. The van der Waals surface area contributed by atoms with Crippen molar-refractivity contribution in [3.05, 3.63) is 20.8 Å². The van der Waals surface area contributed by atoms with Crippen molar-refractivity contribution < 1.29 is 14.4 Å². The first-order chi connectivity index (χ1) is 7.16. The highest BCUT2D eigenvalue weighted by atomic mass is 35.5. The number of hydrogen-bond acceptors (Lipinski definition) is 4. The molecule has 0 saturated heterocycles. The van der Waals surface area contributed by atoms with Gasteiger partial charge in [0.1, 0.15) is 4.88 Å². The number of thiophene rings is 1. The molecular formula is C9H12ClNO3S. The first-order valence-corrected chi connectivity index (χ1v) is 5.57. The van der Waals surface area contributed by atoms with E-state index in [-0.39, 0.29) is 5.91 Å².